The Morgan fingerprint density at radius 2 is 0.852 bits per heavy atom. The third-order valence-electron chi connectivity index (χ3n) is 4.36. The van der Waals surface area contributed by atoms with Crippen molar-refractivity contribution in [2.75, 3.05) is 79.3 Å². The molecule has 0 radical (unpaired) electrons. The minimum atomic E-state index is 0.0440. The molecule has 0 aliphatic heterocycles. The highest BCUT2D eigenvalue weighted by Gasteiger charge is 2.11. The molecule has 1 rings (SSSR count). The van der Waals surface area contributed by atoms with Gasteiger partial charge in [0.25, 0.3) is 0 Å². The molecule has 0 atom stereocenters. The molecule has 7 heteroatoms. The van der Waals surface area contributed by atoms with Crippen LogP contribution in [0.5, 0.6) is 0 Å². The molecule has 162 valence electrons. The van der Waals surface area contributed by atoms with Crippen molar-refractivity contribution in [2.24, 2.45) is 0 Å². The molecule has 1 N–H and O–H groups in total. The maximum atomic E-state index is 8.54. The second-order valence-corrected chi connectivity index (χ2v) is 6.62. The van der Waals surface area contributed by atoms with Gasteiger partial charge in [0.1, 0.15) is 0 Å². The molecule has 1 saturated carbocycles. The molecule has 1 aliphatic rings. The van der Waals surface area contributed by atoms with Gasteiger partial charge >= 0.3 is 0 Å². The third-order valence-corrected chi connectivity index (χ3v) is 4.36. The molecule has 0 amide bonds. The maximum Gasteiger partial charge on any atom is 0.0704 e. The number of ether oxygens (including phenoxy) is 6. The lowest BCUT2D eigenvalue weighted by atomic mass is 9.99. The van der Waals surface area contributed by atoms with Crippen LogP contribution >= 0.6 is 0 Å². The Morgan fingerprint density at radius 3 is 1.30 bits per heavy atom. The van der Waals surface area contributed by atoms with Crippen LogP contribution in [0.3, 0.4) is 0 Å². The van der Waals surface area contributed by atoms with Crippen molar-refractivity contribution >= 4 is 0 Å². The SMILES string of the molecule is OCCOCCOCCOCCOCCOCCOC1CCCCCCC1. The molecular weight excluding hydrogens is 352 g/mol. The quantitative estimate of drug-likeness (QED) is 0.358. The Balaban J connectivity index is 1.70. The van der Waals surface area contributed by atoms with Gasteiger partial charge < -0.3 is 33.5 Å². The normalized spacial score (nSPS) is 16.3. The van der Waals surface area contributed by atoms with E-state index in [9.17, 15) is 0 Å². The fraction of sp³-hybridized carbons (Fsp3) is 1.00. The van der Waals surface area contributed by atoms with E-state index in [4.69, 9.17) is 33.5 Å². The van der Waals surface area contributed by atoms with Crippen LogP contribution in [0.4, 0.5) is 0 Å². The van der Waals surface area contributed by atoms with Gasteiger partial charge in [-0.25, -0.2) is 0 Å². The largest absolute Gasteiger partial charge is 0.394 e. The zero-order valence-electron chi connectivity index (χ0n) is 16.9. The monoisotopic (exact) mass is 392 g/mol. The lowest BCUT2D eigenvalue weighted by Crippen LogP contribution is -2.18. The number of hydrogen-bond donors (Lipinski definition) is 1. The second-order valence-electron chi connectivity index (χ2n) is 6.62. The first-order chi connectivity index (χ1) is 13.4. The molecule has 0 aromatic heterocycles. The van der Waals surface area contributed by atoms with Crippen LogP contribution < -0.4 is 0 Å². The van der Waals surface area contributed by atoms with Gasteiger partial charge in [-0.1, -0.05) is 32.1 Å². The lowest BCUT2D eigenvalue weighted by Gasteiger charge is -2.20. The van der Waals surface area contributed by atoms with Crippen LogP contribution in [-0.4, -0.2) is 90.5 Å². The summed E-state index contributed by atoms with van der Waals surface area (Å²) in [4.78, 5) is 0. The molecule has 0 saturated heterocycles. The molecule has 0 spiro atoms. The van der Waals surface area contributed by atoms with Crippen LogP contribution in [0.1, 0.15) is 44.9 Å². The summed E-state index contributed by atoms with van der Waals surface area (Å²) in [6, 6.07) is 0. The van der Waals surface area contributed by atoms with Crippen LogP contribution in [-0.2, 0) is 28.4 Å². The topological polar surface area (TPSA) is 75.6 Å². The summed E-state index contributed by atoms with van der Waals surface area (Å²) in [5, 5.41) is 8.54. The van der Waals surface area contributed by atoms with Gasteiger partial charge in [0, 0.05) is 0 Å². The van der Waals surface area contributed by atoms with Crippen molar-refractivity contribution in [3.8, 4) is 0 Å². The van der Waals surface area contributed by atoms with Gasteiger partial charge in [0.2, 0.25) is 0 Å². The first-order valence-corrected chi connectivity index (χ1v) is 10.5. The lowest BCUT2D eigenvalue weighted by molar-refractivity contribution is -0.0293. The summed E-state index contributed by atoms with van der Waals surface area (Å²) in [6.45, 7) is 6.07. The smallest absolute Gasteiger partial charge is 0.0704 e. The first kappa shape index (κ1) is 24.8. The number of aliphatic hydroxyl groups excluding tert-OH is 1. The maximum absolute atomic E-state index is 8.54. The van der Waals surface area contributed by atoms with Gasteiger partial charge in [0.05, 0.1) is 85.4 Å². The molecule has 0 aromatic carbocycles. The minimum Gasteiger partial charge on any atom is -0.394 e. The molecule has 1 fully saturated rings. The average molecular weight is 393 g/mol. The fourth-order valence-corrected chi connectivity index (χ4v) is 2.91. The van der Waals surface area contributed by atoms with Crippen LogP contribution in [0, 0.1) is 0 Å². The summed E-state index contributed by atoms with van der Waals surface area (Å²) >= 11 is 0. The van der Waals surface area contributed by atoms with Crippen LogP contribution in [0.2, 0.25) is 0 Å². The van der Waals surface area contributed by atoms with Crippen molar-refractivity contribution in [1.82, 2.24) is 0 Å². The summed E-state index contributed by atoms with van der Waals surface area (Å²) in [7, 11) is 0. The Kier molecular flexibility index (Phi) is 18.8. The molecule has 27 heavy (non-hydrogen) atoms. The number of hydrogen-bond acceptors (Lipinski definition) is 7. The molecular formula is C20H40O7. The molecule has 7 nitrogen and oxygen atoms in total. The van der Waals surface area contributed by atoms with E-state index in [1.807, 2.05) is 0 Å². The molecule has 0 heterocycles. The highest BCUT2D eigenvalue weighted by molar-refractivity contribution is 4.63. The van der Waals surface area contributed by atoms with E-state index in [1.165, 1.54) is 44.9 Å². The zero-order valence-corrected chi connectivity index (χ0v) is 16.9. The van der Waals surface area contributed by atoms with Crippen LogP contribution in [0.15, 0.2) is 0 Å². The van der Waals surface area contributed by atoms with E-state index >= 15 is 0 Å². The van der Waals surface area contributed by atoms with Gasteiger partial charge in [-0.3, -0.25) is 0 Å². The summed E-state index contributed by atoms with van der Waals surface area (Å²) in [5.41, 5.74) is 0. The number of aliphatic hydroxyl groups is 1. The molecule has 1 aliphatic carbocycles. The molecule has 0 aromatic rings. The van der Waals surface area contributed by atoms with Gasteiger partial charge in [0.15, 0.2) is 0 Å². The van der Waals surface area contributed by atoms with E-state index < -0.39 is 0 Å². The van der Waals surface area contributed by atoms with Crippen molar-refractivity contribution in [3.05, 3.63) is 0 Å². The molecule has 0 bridgehead atoms. The highest BCUT2D eigenvalue weighted by Crippen LogP contribution is 2.19. The van der Waals surface area contributed by atoms with Gasteiger partial charge in [-0.15, -0.1) is 0 Å². The van der Waals surface area contributed by atoms with E-state index in [0.717, 1.165) is 0 Å². The van der Waals surface area contributed by atoms with E-state index in [1.54, 1.807) is 0 Å². The third kappa shape index (κ3) is 17.5. The van der Waals surface area contributed by atoms with Gasteiger partial charge in [-0.2, -0.15) is 0 Å². The summed E-state index contributed by atoms with van der Waals surface area (Å²) in [5.74, 6) is 0. The van der Waals surface area contributed by atoms with Crippen molar-refractivity contribution in [2.45, 2.75) is 51.0 Å². The second kappa shape index (κ2) is 20.5. The van der Waals surface area contributed by atoms with Crippen molar-refractivity contribution in [1.29, 1.82) is 0 Å². The molecule has 0 unspecified atom stereocenters. The minimum absolute atomic E-state index is 0.0440. The average Bonchev–Trinajstić information content (AvgIpc) is 2.65. The van der Waals surface area contributed by atoms with E-state index in [2.05, 4.69) is 0 Å². The summed E-state index contributed by atoms with van der Waals surface area (Å²) in [6.07, 6.45) is 9.52. The van der Waals surface area contributed by atoms with Crippen molar-refractivity contribution < 1.29 is 33.5 Å². The Bertz CT molecular complexity index is 284. The van der Waals surface area contributed by atoms with E-state index in [0.29, 0.717) is 78.8 Å². The Hall–Kier alpha value is -0.280. The van der Waals surface area contributed by atoms with Crippen LogP contribution in [0.25, 0.3) is 0 Å². The predicted molar refractivity (Wildman–Crippen MR) is 103 cm³/mol. The fourth-order valence-electron chi connectivity index (χ4n) is 2.91. The predicted octanol–water partition coefficient (Wildman–Crippen LogP) is 2.19. The standard InChI is InChI=1S/C20H40O7/c21-8-9-22-10-11-23-12-13-24-14-15-25-16-17-26-18-19-27-20-6-4-2-1-3-5-7-20/h20-21H,1-19H2. The zero-order chi connectivity index (χ0) is 19.3. The highest BCUT2D eigenvalue weighted by atomic mass is 16.6. The Labute approximate surface area is 164 Å². The van der Waals surface area contributed by atoms with E-state index in [-0.39, 0.29) is 6.61 Å². The first-order valence-electron chi connectivity index (χ1n) is 10.5. The van der Waals surface area contributed by atoms with Crippen molar-refractivity contribution in [3.63, 3.8) is 0 Å². The Morgan fingerprint density at radius 1 is 0.481 bits per heavy atom. The number of rotatable bonds is 18. The van der Waals surface area contributed by atoms with Gasteiger partial charge in [-0.05, 0) is 12.8 Å². The summed E-state index contributed by atoms with van der Waals surface area (Å²) < 4.78 is 32.7.